The fraction of sp³-hybridized carbons (Fsp3) is 1.00. The van der Waals surface area contributed by atoms with Crippen LogP contribution in [-0.4, -0.2) is 17.9 Å². The second-order valence-corrected chi connectivity index (χ2v) is 7.49. The van der Waals surface area contributed by atoms with Gasteiger partial charge in [-0.2, -0.15) is 0 Å². The molecule has 1 fully saturated rings. The van der Waals surface area contributed by atoms with Crippen LogP contribution < -0.4 is 5.73 Å². The van der Waals surface area contributed by atoms with Gasteiger partial charge >= 0.3 is 0 Å². The molecule has 0 bridgehead atoms. The Morgan fingerprint density at radius 2 is 1.88 bits per heavy atom. The molecule has 1 nitrogen and oxygen atoms in total. The van der Waals surface area contributed by atoms with Gasteiger partial charge in [-0.3, -0.25) is 0 Å². The molecule has 0 aromatic carbocycles. The summed E-state index contributed by atoms with van der Waals surface area (Å²) >= 11 is 0. The Bertz CT molecular complexity index is 166. The van der Waals surface area contributed by atoms with E-state index in [0.29, 0.717) is 0 Å². The van der Waals surface area contributed by atoms with E-state index in [1.54, 1.807) is 0 Å². The standard InChI is InChI=1S/C14H30NP/c1-3-13(10-9-12(2)11-15)16-14-7-5-4-6-8-14/h12-14,16H,3-11,15H2,1-2H3. The number of nitrogens with two attached hydrogens (primary N) is 1. The molecule has 2 N–H and O–H groups in total. The summed E-state index contributed by atoms with van der Waals surface area (Å²) in [5.41, 5.74) is 7.76. The molecule has 1 aliphatic carbocycles. The van der Waals surface area contributed by atoms with Crippen molar-refractivity contribution in [2.75, 3.05) is 6.54 Å². The van der Waals surface area contributed by atoms with Crippen molar-refractivity contribution in [3.05, 3.63) is 0 Å². The molecular formula is C14H30NP. The molecule has 1 saturated carbocycles. The third-order valence-corrected chi connectivity index (χ3v) is 6.20. The van der Waals surface area contributed by atoms with Crippen LogP contribution in [0.1, 0.15) is 65.2 Å². The van der Waals surface area contributed by atoms with Gasteiger partial charge in [0.1, 0.15) is 0 Å². The Labute approximate surface area is 104 Å². The summed E-state index contributed by atoms with van der Waals surface area (Å²) < 4.78 is 0. The van der Waals surface area contributed by atoms with E-state index < -0.39 is 0 Å². The van der Waals surface area contributed by atoms with Crippen LogP contribution in [0.5, 0.6) is 0 Å². The number of hydrogen-bond acceptors (Lipinski definition) is 1. The average molecular weight is 243 g/mol. The van der Waals surface area contributed by atoms with Gasteiger partial charge in [0.25, 0.3) is 0 Å². The zero-order valence-electron chi connectivity index (χ0n) is 11.2. The minimum atomic E-state index is 0.727. The minimum Gasteiger partial charge on any atom is -0.330 e. The Kier molecular flexibility index (Phi) is 7.66. The van der Waals surface area contributed by atoms with Crippen molar-refractivity contribution in [2.24, 2.45) is 11.7 Å². The Morgan fingerprint density at radius 1 is 1.19 bits per heavy atom. The molecule has 3 unspecified atom stereocenters. The maximum Gasteiger partial charge on any atom is -0.00515 e. The molecule has 1 rings (SSSR count). The van der Waals surface area contributed by atoms with Crippen LogP contribution in [0.25, 0.3) is 0 Å². The summed E-state index contributed by atoms with van der Waals surface area (Å²) in [6.07, 6.45) is 11.6. The van der Waals surface area contributed by atoms with E-state index in [1.165, 1.54) is 59.9 Å². The summed E-state index contributed by atoms with van der Waals surface area (Å²) in [5.74, 6) is 0.727. The Hall–Kier alpha value is 0.390. The van der Waals surface area contributed by atoms with Gasteiger partial charge in [0.2, 0.25) is 0 Å². The highest BCUT2D eigenvalue weighted by molar-refractivity contribution is 7.39. The first kappa shape index (κ1) is 14.5. The van der Waals surface area contributed by atoms with E-state index in [2.05, 4.69) is 13.8 Å². The van der Waals surface area contributed by atoms with E-state index in [9.17, 15) is 0 Å². The van der Waals surface area contributed by atoms with Crippen LogP contribution in [0.15, 0.2) is 0 Å². The van der Waals surface area contributed by atoms with Crippen LogP contribution in [0.2, 0.25) is 0 Å². The summed E-state index contributed by atoms with van der Waals surface area (Å²) in [6, 6.07) is 0. The summed E-state index contributed by atoms with van der Waals surface area (Å²) in [4.78, 5) is 0. The smallest absolute Gasteiger partial charge is 0.00515 e. The largest absolute Gasteiger partial charge is 0.330 e. The van der Waals surface area contributed by atoms with Crippen molar-refractivity contribution in [3.8, 4) is 0 Å². The molecule has 96 valence electrons. The van der Waals surface area contributed by atoms with E-state index in [-0.39, 0.29) is 0 Å². The first-order valence-electron chi connectivity index (χ1n) is 7.22. The Balaban J connectivity index is 2.19. The van der Waals surface area contributed by atoms with Crippen molar-refractivity contribution in [1.82, 2.24) is 0 Å². The third kappa shape index (κ3) is 5.64. The molecule has 0 aliphatic heterocycles. The molecule has 1 aliphatic rings. The van der Waals surface area contributed by atoms with Gasteiger partial charge in [-0.25, -0.2) is 0 Å². The van der Waals surface area contributed by atoms with Gasteiger partial charge in [0, 0.05) is 0 Å². The fourth-order valence-corrected chi connectivity index (χ4v) is 4.59. The monoisotopic (exact) mass is 243 g/mol. The molecule has 0 heterocycles. The van der Waals surface area contributed by atoms with Crippen LogP contribution in [-0.2, 0) is 0 Å². The van der Waals surface area contributed by atoms with Crippen LogP contribution >= 0.6 is 8.58 Å². The highest BCUT2D eigenvalue weighted by atomic mass is 31.1. The molecule has 16 heavy (non-hydrogen) atoms. The maximum atomic E-state index is 5.69. The molecule has 0 aromatic heterocycles. The van der Waals surface area contributed by atoms with Crippen molar-refractivity contribution in [1.29, 1.82) is 0 Å². The van der Waals surface area contributed by atoms with E-state index in [4.69, 9.17) is 5.73 Å². The van der Waals surface area contributed by atoms with Gasteiger partial charge < -0.3 is 5.73 Å². The van der Waals surface area contributed by atoms with Crippen LogP contribution in [0.3, 0.4) is 0 Å². The molecule has 0 aromatic rings. The van der Waals surface area contributed by atoms with Crippen molar-refractivity contribution >= 4 is 8.58 Å². The number of rotatable bonds is 7. The topological polar surface area (TPSA) is 26.0 Å². The summed E-state index contributed by atoms with van der Waals surface area (Å²) in [7, 11) is 1.23. The summed E-state index contributed by atoms with van der Waals surface area (Å²) in [6.45, 7) is 5.52. The lowest BCUT2D eigenvalue weighted by Crippen LogP contribution is -2.15. The van der Waals surface area contributed by atoms with Gasteiger partial charge in [-0.1, -0.05) is 33.1 Å². The molecule has 0 spiro atoms. The molecule has 0 saturated heterocycles. The second-order valence-electron chi connectivity index (χ2n) is 5.52. The third-order valence-electron chi connectivity index (χ3n) is 3.98. The fourth-order valence-electron chi connectivity index (χ4n) is 2.61. The minimum absolute atomic E-state index is 0.727. The van der Waals surface area contributed by atoms with Crippen molar-refractivity contribution in [2.45, 2.75) is 76.5 Å². The van der Waals surface area contributed by atoms with Gasteiger partial charge in [0.05, 0.1) is 0 Å². The van der Waals surface area contributed by atoms with Crippen molar-refractivity contribution < 1.29 is 0 Å². The second kappa shape index (κ2) is 8.48. The van der Waals surface area contributed by atoms with E-state index >= 15 is 0 Å². The first-order valence-corrected chi connectivity index (χ1v) is 8.37. The predicted octanol–water partition coefficient (Wildman–Crippen LogP) is 4.15. The predicted molar refractivity (Wildman–Crippen MR) is 76.7 cm³/mol. The van der Waals surface area contributed by atoms with Crippen LogP contribution in [0, 0.1) is 5.92 Å². The highest BCUT2D eigenvalue weighted by Gasteiger charge is 2.18. The van der Waals surface area contributed by atoms with E-state index in [0.717, 1.165) is 23.8 Å². The highest BCUT2D eigenvalue weighted by Crippen LogP contribution is 2.39. The van der Waals surface area contributed by atoms with Gasteiger partial charge in [-0.05, 0) is 55.9 Å². The zero-order chi connectivity index (χ0) is 11.8. The van der Waals surface area contributed by atoms with Crippen LogP contribution in [0.4, 0.5) is 0 Å². The first-order chi connectivity index (χ1) is 7.76. The normalized spacial score (nSPS) is 22.7. The van der Waals surface area contributed by atoms with Crippen molar-refractivity contribution in [3.63, 3.8) is 0 Å². The average Bonchev–Trinajstić information content (AvgIpc) is 2.35. The molecular weight excluding hydrogens is 213 g/mol. The van der Waals surface area contributed by atoms with Gasteiger partial charge in [0.15, 0.2) is 0 Å². The molecule has 2 heteroatoms. The molecule has 0 amide bonds. The molecule has 3 atom stereocenters. The zero-order valence-corrected chi connectivity index (χ0v) is 12.2. The molecule has 0 radical (unpaired) electrons. The lowest BCUT2D eigenvalue weighted by atomic mass is 10.0. The van der Waals surface area contributed by atoms with E-state index in [1.807, 2.05) is 0 Å². The SMILES string of the molecule is CCC(CCC(C)CN)PC1CCCCC1. The Morgan fingerprint density at radius 3 is 2.44 bits per heavy atom. The van der Waals surface area contributed by atoms with Gasteiger partial charge in [-0.15, -0.1) is 8.58 Å². The quantitative estimate of drug-likeness (QED) is 0.668. The number of hydrogen-bond donors (Lipinski definition) is 1. The summed E-state index contributed by atoms with van der Waals surface area (Å²) in [5, 5.41) is 0. The lowest BCUT2D eigenvalue weighted by molar-refractivity contribution is 0.495. The lowest BCUT2D eigenvalue weighted by Gasteiger charge is -2.26. The maximum absolute atomic E-state index is 5.69.